The number of aromatic amines is 1. The maximum Gasteiger partial charge on any atom is 0.224 e. The number of ether oxygens (including phenoxy) is 1. The van der Waals surface area contributed by atoms with E-state index >= 15 is 4.39 Å². The van der Waals surface area contributed by atoms with Gasteiger partial charge in [0.15, 0.2) is 0 Å². The molecule has 1 atom stereocenters. The van der Waals surface area contributed by atoms with Gasteiger partial charge in [-0.3, -0.25) is 9.89 Å². The molecule has 2 aliphatic rings. The van der Waals surface area contributed by atoms with E-state index in [0.717, 1.165) is 36.8 Å². The van der Waals surface area contributed by atoms with Crippen LogP contribution in [-0.4, -0.2) is 28.3 Å². The molecule has 6 heteroatoms. The predicted octanol–water partition coefficient (Wildman–Crippen LogP) is 3.83. The van der Waals surface area contributed by atoms with Crippen molar-refractivity contribution in [3.63, 3.8) is 0 Å². The van der Waals surface area contributed by atoms with Gasteiger partial charge in [-0.1, -0.05) is 0 Å². The van der Waals surface area contributed by atoms with Crippen molar-refractivity contribution < 1.29 is 13.9 Å². The van der Waals surface area contributed by atoms with Gasteiger partial charge in [-0.05, 0) is 45.1 Å². The first-order chi connectivity index (χ1) is 12.1. The number of halogens is 1. The molecule has 1 fully saturated rings. The lowest BCUT2D eigenvalue weighted by atomic mass is 9.90. The molecular weight excluding hydrogens is 321 g/mol. The second kappa shape index (κ2) is 6.17. The van der Waals surface area contributed by atoms with Crippen LogP contribution in [0.15, 0.2) is 18.5 Å². The van der Waals surface area contributed by atoms with Crippen molar-refractivity contribution in [3.8, 4) is 16.9 Å². The van der Waals surface area contributed by atoms with E-state index in [-0.39, 0.29) is 23.9 Å². The minimum Gasteiger partial charge on any atom is -0.489 e. The normalized spacial score (nSPS) is 20.1. The van der Waals surface area contributed by atoms with Crippen LogP contribution < -0.4 is 9.64 Å². The molecule has 0 bridgehead atoms. The lowest BCUT2D eigenvalue weighted by molar-refractivity contribution is -0.117. The average molecular weight is 343 g/mol. The summed E-state index contributed by atoms with van der Waals surface area (Å²) in [5.41, 5.74) is 2.68. The zero-order valence-corrected chi connectivity index (χ0v) is 14.5. The first-order valence-corrected chi connectivity index (χ1v) is 8.87. The zero-order chi connectivity index (χ0) is 17.6. The Morgan fingerprint density at radius 1 is 1.40 bits per heavy atom. The summed E-state index contributed by atoms with van der Waals surface area (Å²) in [6.07, 6.45) is 8.27. The number of carbonyl (C=O) groups is 1. The Kier molecular flexibility index (Phi) is 3.98. The van der Waals surface area contributed by atoms with E-state index in [2.05, 4.69) is 10.2 Å². The summed E-state index contributed by atoms with van der Waals surface area (Å²) in [5.74, 6) is 0.188. The Hall–Kier alpha value is -2.37. The molecule has 1 aromatic heterocycles. The third kappa shape index (κ3) is 2.69. The molecule has 1 unspecified atom stereocenters. The van der Waals surface area contributed by atoms with E-state index in [1.165, 1.54) is 13.0 Å². The van der Waals surface area contributed by atoms with Gasteiger partial charge in [-0.25, -0.2) is 4.39 Å². The van der Waals surface area contributed by atoms with Crippen molar-refractivity contribution in [1.29, 1.82) is 0 Å². The molecule has 1 aliphatic heterocycles. The molecule has 4 rings (SSSR count). The van der Waals surface area contributed by atoms with Gasteiger partial charge >= 0.3 is 0 Å². The first kappa shape index (κ1) is 16.1. The fourth-order valence-corrected chi connectivity index (χ4v) is 3.74. The smallest absolute Gasteiger partial charge is 0.224 e. The number of hydrogen-bond donors (Lipinski definition) is 1. The summed E-state index contributed by atoms with van der Waals surface area (Å²) in [7, 11) is 0. The van der Waals surface area contributed by atoms with E-state index in [9.17, 15) is 4.79 Å². The minimum atomic E-state index is -0.381. The van der Waals surface area contributed by atoms with Crippen LogP contribution in [0.3, 0.4) is 0 Å². The molecule has 132 valence electrons. The number of anilines is 1. The molecule has 1 saturated carbocycles. The number of hydrogen-bond acceptors (Lipinski definition) is 3. The van der Waals surface area contributed by atoms with Crippen LogP contribution in [0.1, 0.15) is 45.1 Å². The number of nitrogens with one attached hydrogen (secondary N) is 1. The third-order valence-corrected chi connectivity index (χ3v) is 5.28. The lowest BCUT2D eigenvalue weighted by Gasteiger charge is -2.37. The van der Waals surface area contributed by atoms with E-state index < -0.39 is 0 Å². The molecule has 0 radical (unpaired) electrons. The maximum atomic E-state index is 15.0. The molecule has 1 amide bonds. The van der Waals surface area contributed by atoms with E-state index in [1.807, 2.05) is 6.92 Å². The monoisotopic (exact) mass is 343 g/mol. The fraction of sp³-hybridized carbons (Fsp3) is 0.474. The summed E-state index contributed by atoms with van der Waals surface area (Å²) in [4.78, 5) is 13.7. The third-order valence-electron chi connectivity index (χ3n) is 5.28. The van der Waals surface area contributed by atoms with Gasteiger partial charge in [0, 0.05) is 35.9 Å². The summed E-state index contributed by atoms with van der Waals surface area (Å²) >= 11 is 0. The van der Waals surface area contributed by atoms with Crippen LogP contribution in [0.2, 0.25) is 0 Å². The van der Waals surface area contributed by atoms with Crippen LogP contribution >= 0.6 is 0 Å². The number of fused-ring (bicyclic) bond motifs is 1. The Morgan fingerprint density at radius 3 is 2.80 bits per heavy atom. The highest BCUT2D eigenvalue weighted by Crippen LogP contribution is 2.46. The highest BCUT2D eigenvalue weighted by molar-refractivity contribution is 5.95. The molecule has 2 aromatic rings. The van der Waals surface area contributed by atoms with Crippen LogP contribution in [0.25, 0.3) is 11.1 Å². The number of rotatable bonds is 3. The standard InChI is InChI=1S/C19H22FN3O2/c1-11-6-7-15-18(23(11)12(2)24)17(20)8-16(13-9-21-22-10-13)19(15)25-14-4-3-5-14/h8-11,14H,3-7H2,1-2H3,(H,21,22). The highest BCUT2D eigenvalue weighted by Gasteiger charge is 2.34. The Bertz CT molecular complexity index is 799. The summed E-state index contributed by atoms with van der Waals surface area (Å²) in [6, 6.07) is 1.46. The van der Waals surface area contributed by atoms with E-state index in [4.69, 9.17) is 4.74 Å². The highest BCUT2D eigenvalue weighted by atomic mass is 19.1. The zero-order valence-electron chi connectivity index (χ0n) is 14.5. The topological polar surface area (TPSA) is 58.2 Å². The van der Waals surface area contributed by atoms with Crippen molar-refractivity contribution in [2.75, 3.05) is 4.90 Å². The largest absolute Gasteiger partial charge is 0.489 e. The lowest BCUT2D eigenvalue weighted by Crippen LogP contribution is -2.41. The van der Waals surface area contributed by atoms with Crippen LogP contribution in [0.4, 0.5) is 10.1 Å². The van der Waals surface area contributed by atoms with Gasteiger partial charge in [0.1, 0.15) is 11.6 Å². The van der Waals surface area contributed by atoms with E-state index in [0.29, 0.717) is 23.4 Å². The van der Waals surface area contributed by atoms with Crippen LogP contribution in [0.5, 0.6) is 5.75 Å². The molecule has 1 aliphatic carbocycles. The van der Waals surface area contributed by atoms with Gasteiger partial charge in [0.05, 0.1) is 18.0 Å². The Labute approximate surface area is 146 Å². The quantitative estimate of drug-likeness (QED) is 0.921. The summed E-state index contributed by atoms with van der Waals surface area (Å²) < 4.78 is 21.3. The second-order valence-corrected chi connectivity index (χ2v) is 7.00. The fourth-order valence-electron chi connectivity index (χ4n) is 3.74. The number of H-pyrrole nitrogens is 1. The Balaban J connectivity index is 1.90. The van der Waals surface area contributed by atoms with Crippen LogP contribution in [0, 0.1) is 5.82 Å². The van der Waals surface area contributed by atoms with Crippen LogP contribution in [-0.2, 0) is 11.2 Å². The van der Waals surface area contributed by atoms with Gasteiger partial charge in [0.2, 0.25) is 5.91 Å². The molecule has 25 heavy (non-hydrogen) atoms. The van der Waals surface area contributed by atoms with Gasteiger partial charge in [-0.15, -0.1) is 0 Å². The predicted molar refractivity (Wildman–Crippen MR) is 93.2 cm³/mol. The number of carbonyl (C=O) groups excluding carboxylic acids is 1. The van der Waals surface area contributed by atoms with Crippen molar-refractivity contribution in [2.24, 2.45) is 0 Å². The van der Waals surface area contributed by atoms with Gasteiger partial charge < -0.3 is 9.64 Å². The average Bonchev–Trinajstić information content (AvgIpc) is 3.06. The molecular formula is C19H22FN3O2. The van der Waals surface area contributed by atoms with Crippen molar-refractivity contribution in [1.82, 2.24) is 10.2 Å². The van der Waals surface area contributed by atoms with Gasteiger partial charge in [0.25, 0.3) is 0 Å². The number of aromatic nitrogens is 2. The summed E-state index contributed by atoms with van der Waals surface area (Å²) in [6.45, 7) is 3.45. The molecule has 1 N–H and O–H groups in total. The molecule has 2 heterocycles. The molecule has 5 nitrogen and oxygen atoms in total. The van der Waals surface area contributed by atoms with Crippen molar-refractivity contribution >= 4 is 11.6 Å². The SMILES string of the molecule is CC(=O)N1c2c(F)cc(-c3cn[nH]c3)c(OC3CCC3)c2CCC1C. The molecule has 0 saturated heterocycles. The first-order valence-electron chi connectivity index (χ1n) is 8.87. The number of benzene rings is 1. The minimum absolute atomic E-state index is 0.0178. The van der Waals surface area contributed by atoms with Crippen molar-refractivity contribution in [2.45, 2.75) is 58.1 Å². The van der Waals surface area contributed by atoms with E-state index in [1.54, 1.807) is 17.3 Å². The molecule has 0 spiro atoms. The second-order valence-electron chi connectivity index (χ2n) is 7.00. The van der Waals surface area contributed by atoms with Gasteiger partial charge in [-0.2, -0.15) is 5.10 Å². The maximum absolute atomic E-state index is 15.0. The Morgan fingerprint density at radius 2 is 2.20 bits per heavy atom. The molecule has 1 aromatic carbocycles. The number of nitrogens with zero attached hydrogens (tertiary/aromatic N) is 2. The summed E-state index contributed by atoms with van der Waals surface area (Å²) in [5, 5.41) is 6.76. The number of amides is 1. The van der Waals surface area contributed by atoms with Crippen molar-refractivity contribution in [3.05, 3.63) is 29.8 Å².